The Kier molecular flexibility index (Phi) is 4.27. The Morgan fingerprint density at radius 2 is 1.30 bits per heavy atom. The fourth-order valence-corrected chi connectivity index (χ4v) is 5.95. The molecule has 0 heteroatoms. The van der Waals surface area contributed by atoms with Crippen LogP contribution in [0.1, 0.15) is 95.4 Å². The van der Waals surface area contributed by atoms with Crippen LogP contribution >= 0.6 is 0 Å². The monoisotopic (exact) mass is 396 g/mol. The Bertz CT molecular complexity index is 995. The molecule has 0 radical (unpaired) electrons. The number of allylic oxidation sites excluding steroid dienone is 4. The average Bonchev–Trinajstić information content (AvgIpc) is 3.27. The summed E-state index contributed by atoms with van der Waals surface area (Å²) in [5.41, 5.74) is 11.3. The van der Waals surface area contributed by atoms with Gasteiger partial charge in [-0.1, -0.05) is 108 Å². The summed E-state index contributed by atoms with van der Waals surface area (Å²) in [6, 6.07) is 14.8. The van der Waals surface area contributed by atoms with Gasteiger partial charge in [0.05, 0.1) is 0 Å². The summed E-state index contributed by atoms with van der Waals surface area (Å²) in [4.78, 5) is 0. The molecule has 0 spiro atoms. The minimum absolute atomic E-state index is 0.168. The van der Waals surface area contributed by atoms with Crippen molar-refractivity contribution in [2.45, 2.75) is 84.0 Å². The molecule has 0 nitrogen and oxygen atoms in total. The van der Waals surface area contributed by atoms with Crippen LogP contribution in [-0.2, 0) is 10.8 Å². The van der Waals surface area contributed by atoms with Gasteiger partial charge in [-0.05, 0) is 63.5 Å². The van der Waals surface area contributed by atoms with E-state index in [4.69, 9.17) is 0 Å². The summed E-state index contributed by atoms with van der Waals surface area (Å²) in [5.74, 6) is 0.505. The Labute approximate surface area is 183 Å². The van der Waals surface area contributed by atoms with E-state index in [-0.39, 0.29) is 10.8 Å². The molecule has 3 aliphatic carbocycles. The molecule has 2 aromatic carbocycles. The van der Waals surface area contributed by atoms with Gasteiger partial charge in [-0.25, -0.2) is 0 Å². The van der Waals surface area contributed by atoms with Crippen LogP contribution in [0.3, 0.4) is 0 Å². The standard InChI is InChI=1S/C30H36/c1-28(2,3)21-12-14-23-25(18-21)26-19-22(29(4,5)6)13-15-24(26)27(23)30(16-9-17-30)20-10-7-8-11-20/h7-8,10,12-15,18-19,27H,9,11,16-17H2,1-6H3. The summed E-state index contributed by atoms with van der Waals surface area (Å²) >= 11 is 0. The van der Waals surface area contributed by atoms with Gasteiger partial charge in [0.1, 0.15) is 0 Å². The second-order valence-electron chi connectivity index (χ2n) is 11.9. The zero-order chi connectivity index (χ0) is 21.3. The normalized spacial score (nSPS) is 20.0. The van der Waals surface area contributed by atoms with Gasteiger partial charge in [0.15, 0.2) is 0 Å². The zero-order valence-corrected chi connectivity index (χ0v) is 19.6. The lowest BCUT2D eigenvalue weighted by Gasteiger charge is -2.49. The van der Waals surface area contributed by atoms with Crippen molar-refractivity contribution in [2.24, 2.45) is 5.41 Å². The van der Waals surface area contributed by atoms with Crippen molar-refractivity contribution in [1.29, 1.82) is 0 Å². The molecule has 1 saturated carbocycles. The van der Waals surface area contributed by atoms with Gasteiger partial charge in [-0.15, -0.1) is 0 Å². The van der Waals surface area contributed by atoms with Crippen LogP contribution < -0.4 is 0 Å². The molecular weight excluding hydrogens is 360 g/mol. The fourth-order valence-electron chi connectivity index (χ4n) is 5.95. The number of benzene rings is 2. The van der Waals surface area contributed by atoms with Crippen molar-refractivity contribution in [3.05, 3.63) is 82.5 Å². The molecule has 0 unspecified atom stereocenters. The van der Waals surface area contributed by atoms with Gasteiger partial charge >= 0.3 is 0 Å². The molecule has 0 atom stereocenters. The van der Waals surface area contributed by atoms with Crippen LogP contribution in [-0.4, -0.2) is 0 Å². The molecule has 0 bridgehead atoms. The summed E-state index contributed by atoms with van der Waals surface area (Å²) in [6.45, 7) is 14.0. The van der Waals surface area contributed by atoms with Crippen LogP contribution in [0.15, 0.2) is 60.2 Å². The second kappa shape index (κ2) is 6.46. The minimum Gasteiger partial charge on any atom is -0.0804 e. The number of fused-ring (bicyclic) bond motifs is 3. The molecule has 2 aromatic rings. The molecule has 0 heterocycles. The third-order valence-electron chi connectivity index (χ3n) is 7.96. The Hall–Kier alpha value is -2.08. The van der Waals surface area contributed by atoms with Gasteiger partial charge in [0.2, 0.25) is 0 Å². The van der Waals surface area contributed by atoms with E-state index in [0.717, 1.165) is 6.42 Å². The number of rotatable bonds is 2. The molecule has 0 saturated heterocycles. The van der Waals surface area contributed by atoms with Gasteiger partial charge in [0.25, 0.3) is 0 Å². The highest BCUT2D eigenvalue weighted by Crippen LogP contribution is 2.64. The van der Waals surface area contributed by atoms with Gasteiger partial charge in [-0.3, -0.25) is 0 Å². The first-order valence-electron chi connectivity index (χ1n) is 11.8. The maximum absolute atomic E-state index is 2.51. The van der Waals surface area contributed by atoms with Crippen LogP contribution in [0.25, 0.3) is 11.1 Å². The number of hydrogen-bond acceptors (Lipinski definition) is 0. The van der Waals surface area contributed by atoms with Gasteiger partial charge < -0.3 is 0 Å². The van der Waals surface area contributed by atoms with E-state index in [0.29, 0.717) is 11.3 Å². The first kappa shape index (κ1) is 19.9. The van der Waals surface area contributed by atoms with E-state index in [9.17, 15) is 0 Å². The largest absolute Gasteiger partial charge is 0.0804 e. The molecule has 1 fully saturated rings. The smallest absolute Gasteiger partial charge is 0.0195 e. The molecule has 0 N–H and O–H groups in total. The van der Waals surface area contributed by atoms with Crippen LogP contribution in [0.2, 0.25) is 0 Å². The lowest BCUT2D eigenvalue weighted by Crippen LogP contribution is -2.37. The molecule has 0 amide bonds. The summed E-state index contributed by atoms with van der Waals surface area (Å²) in [6.07, 6.45) is 12.2. The SMILES string of the molecule is CC(C)(C)c1ccc2c(c1)-c1cc(C(C)(C)C)ccc1C2C1(C2=CC=CC2)CCC1. The third kappa shape index (κ3) is 2.87. The van der Waals surface area contributed by atoms with E-state index in [2.05, 4.69) is 96.2 Å². The molecule has 5 rings (SSSR count). The lowest BCUT2D eigenvalue weighted by atomic mass is 9.54. The molecule has 0 aromatic heterocycles. The van der Waals surface area contributed by atoms with Crippen LogP contribution in [0, 0.1) is 5.41 Å². The Balaban J connectivity index is 1.74. The molecule has 3 aliphatic rings. The van der Waals surface area contributed by atoms with Crippen molar-refractivity contribution in [1.82, 2.24) is 0 Å². The average molecular weight is 397 g/mol. The van der Waals surface area contributed by atoms with E-state index in [1.807, 2.05) is 0 Å². The predicted octanol–water partition coefficient (Wildman–Crippen LogP) is 8.45. The van der Waals surface area contributed by atoms with Crippen LogP contribution in [0.5, 0.6) is 0 Å². The van der Waals surface area contributed by atoms with E-state index in [1.165, 1.54) is 41.5 Å². The van der Waals surface area contributed by atoms with Crippen molar-refractivity contribution < 1.29 is 0 Å². The zero-order valence-electron chi connectivity index (χ0n) is 19.6. The molecule has 30 heavy (non-hydrogen) atoms. The highest BCUT2D eigenvalue weighted by atomic mass is 14.5. The fraction of sp³-hybridized carbons (Fsp3) is 0.467. The number of hydrogen-bond donors (Lipinski definition) is 0. The molecular formula is C30H36. The van der Waals surface area contributed by atoms with Crippen molar-refractivity contribution in [3.8, 4) is 11.1 Å². The second-order valence-corrected chi connectivity index (χ2v) is 11.9. The van der Waals surface area contributed by atoms with E-state index >= 15 is 0 Å². The summed E-state index contributed by atoms with van der Waals surface area (Å²) < 4.78 is 0. The maximum atomic E-state index is 2.51. The van der Waals surface area contributed by atoms with Gasteiger partial charge in [0, 0.05) is 11.3 Å². The van der Waals surface area contributed by atoms with Crippen molar-refractivity contribution >= 4 is 0 Å². The van der Waals surface area contributed by atoms with Crippen molar-refractivity contribution in [2.75, 3.05) is 0 Å². The maximum Gasteiger partial charge on any atom is 0.0195 e. The molecule has 156 valence electrons. The van der Waals surface area contributed by atoms with Gasteiger partial charge in [-0.2, -0.15) is 0 Å². The highest BCUT2D eigenvalue weighted by molar-refractivity contribution is 5.81. The third-order valence-corrected chi connectivity index (χ3v) is 7.96. The first-order chi connectivity index (χ1) is 14.1. The van der Waals surface area contributed by atoms with E-state index < -0.39 is 0 Å². The molecule has 0 aliphatic heterocycles. The Morgan fingerprint density at radius 1 is 0.767 bits per heavy atom. The first-order valence-corrected chi connectivity index (χ1v) is 11.8. The van der Waals surface area contributed by atoms with Crippen LogP contribution in [0.4, 0.5) is 0 Å². The highest BCUT2D eigenvalue weighted by Gasteiger charge is 2.51. The quantitative estimate of drug-likeness (QED) is 0.477. The summed E-state index contributed by atoms with van der Waals surface area (Å²) in [5, 5.41) is 0. The minimum atomic E-state index is 0.168. The predicted molar refractivity (Wildman–Crippen MR) is 129 cm³/mol. The van der Waals surface area contributed by atoms with Crippen molar-refractivity contribution in [3.63, 3.8) is 0 Å². The summed E-state index contributed by atoms with van der Waals surface area (Å²) in [7, 11) is 0. The lowest BCUT2D eigenvalue weighted by molar-refractivity contribution is 0.158. The topological polar surface area (TPSA) is 0 Å². The Morgan fingerprint density at radius 3 is 1.67 bits per heavy atom. The van der Waals surface area contributed by atoms with E-state index in [1.54, 1.807) is 16.7 Å².